The third kappa shape index (κ3) is 5.49. The first kappa shape index (κ1) is 21.6. The third-order valence-electron chi connectivity index (χ3n) is 5.58. The fourth-order valence-electron chi connectivity index (χ4n) is 3.81. The van der Waals surface area contributed by atoms with Crippen molar-refractivity contribution in [3.63, 3.8) is 0 Å². The number of nitrogens with two attached hydrogens (primary N) is 1. The molecule has 2 heterocycles. The Balaban J connectivity index is 1.53. The molecule has 30 heavy (non-hydrogen) atoms. The molecular weight excluding hydrogens is 382 g/mol. The minimum Gasteiger partial charge on any atom is -0.481 e. The Morgan fingerprint density at radius 2 is 1.70 bits per heavy atom. The molecule has 0 aliphatic carbocycles. The van der Waals surface area contributed by atoms with Crippen LogP contribution in [0, 0.1) is 5.92 Å². The van der Waals surface area contributed by atoms with Crippen LogP contribution in [0.5, 0.6) is 11.8 Å². The lowest BCUT2D eigenvalue weighted by molar-refractivity contribution is -0.117. The number of aromatic nitrogens is 1. The molecule has 160 valence electrons. The molecule has 0 spiro atoms. The first-order valence-electron chi connectivity index (χ1n) is 10.2. The highest BCUT2D eigenvalue weighted by Crippen LogP contribution is 2.26. The van der Waals surface area contributed by atoms with Gasteiger partial charge in [0, 0.05) is 25.6 Å². The highest BCUT2D eigenvalue weighted by molar-refractivity contribution is 5.96. The van der Waals surface area contributed by atoms with Crippen LogP contribution in [0.4, 0.5) is 0 Å². The molecule has 0 atom stereocenters. The summed E-state index contributed by atoms with van der Waals surface area (Å²) in [5, 5.41) is 0. The summed E-state index contributed by atoms with van der Waals surface area (Å²) < 4.78 is 10.4. The van der Waals surface area contributed by atoms with E-state index in [1.165, 1.54) is 19.8 Å². The number of amides is 2. The van der Waals surface area contributed by atoms with E-state index in [1.807, 2.05) is 4.90 Å². The van der Waals surface area contributed by atoms with Crippen LogP contribution in [-0.2, 0) is 17.6 Å². The summed E-state index contributed by atoms with van der Waals surface area (Å²) in [6, 6.07) is 11.8. The summed E-state index contributed by atoms with van der Waals surface area (Å²) in [6.45, 7) is 1.44. The van der Waals surface area contributed by atoms with Gasteiger partial charge >= 0.3 is 0 Å². The molecule has 1 aromatic heterocycles. The molecule has 7 nitrogen and oxygen atoms in total. The van der Waals surface area contributed by atoms with E-state index in [0.717, 1.165) is 37.9 Å². The summed E-state index contributed by atoms with van der Waals surface area (Å²) in [4.78, 5) is 29.9. The number of methoxy groups -OCH3 is 2. The van der Waals surface area contributed by atoms with Crippen LogP contribution in [-0.4, -0.2) is 49.0 Å². The summed E-state index contributed by atoms with van der Waals surface area (Å²) in [5.41, 5.74) is 8.08. The molecule has 2 amide bonds. The number of likely N-dealkylation sites (tertiary alicyclic amines) is 1. The molecule has 1 fully saturated rings. The Kier molecular flexibility index (Phi) is 7.27. The number of hydrogen-bond donors (Lipinski definition) is 1. The normalized spacial score (nSPS) is 14.4. The number of aryl methyl sites for hydroxylation is 1. The number of ether oxygens (including phenoxy) is 2. The van der Waals surface area contributed by atoms with Crippen molar-refractivity contribution in [2.75, 3.05) is 27.3 Å². The number of hydrogen-bond acceptors (Lipinski definition) is 5. The monoisotopic (exact) mass is 411 g/mol. The number of benzene rings is 1. The van der Waals surface area contributed by atoms with Gasteiger partial charge < -0.3 is 20.1 Å². The van der Waals surface area contributed by atoms with Crippen molar-refractivity contribution in [3.8, 4) is 11.8 Å². The van der Waals surface area contributed by atoms with Crippen molar-refractivity contribution in [3.05, 3.63) is 53.1 Å². The van der Waals surface area contributed by atoms with Gasteiger partial charge in [-0.3, -0.25) is 9.59 Å². The van der Waals surface area contributed by atoms with Crippen molar-refractivity contribution in [2.24, 2.45) is 11.7 Å². The first-order valence-corrected chi connectivity index (χ1v) is 10.2. The molecule has 0 bridgehead atoms. The fourth-order valence-corrected chi connectivity index (χ4v) is 3.81. The molecule has 1 aromatic carbocycles. The van der Waals surface area contributed by atoms with Gasteiger partial charge in [0.1, 0.15) is 5.56 Å². The molecule has 3 rings (SSSR count). The molecule has 0 radical (unpaired) electrons. The maximum absolute atomic E-state index is 12.9. The standard InChI is InChI=1S/C23H29N3O4/c1-29-21-10-8-19(22(25-21)30-2)23(28)26-13-11-18(12-14-26)15-17-5-3-16(4-6-17)7-9-20(24)27/h3-6,8,10,18H,7,9,11-15H2,1-2H3,(H2,24,27). The second-order valence-electron chi connectivity index (χ2n) is 7.63. The van der Waals surface area contributed by atoms with Crippen LogP contribution < -0.4 is 15.2 Å². The van der Waals surface area contributed by atoms with Gasteiger partial charge in [-0.25, -0.2) is 0 Å². The van der Waals surface area contributed by atoms with Gasteiger partial charge in [0.25, 0.3) is 5.91 Å². The third-order valence-corrected chi connectivity index (χ3v) is 5.58. The zero-order valence-corrected chi connectivity index (χ0v) is 17.6. The number of carbonyl (C=O) groups is 2. The van der Waals surface area contributed by atoms with E-state index >= 15 is 0 Å². The smallest absolute Gasteiger partial charge is 0.259 e. The van der Waals surface area contributed by atoms with E-state index < -0.39 is 0 Å². The lowest BCUT2D eigenvalue weighted by Crippen LogP contribution is -2.39. The molecule has 2 N–H and O–H groups in total. The van der Waals surface area contributed by atoms with Crippen molar-refractivity contribution in [1.29, 1.82) is 0 Å². The zero-order chi connectivity index (χ0) is 21.5. The molecule has 1 saturated heterocycles. The van der Waals surface area contributed by atoms with Gasteiger partial charge in [-0.1, -0.05) is 24.3 Å². The van der Waals surface area contributed by atoms with E-state index in [4.69, 9.17) is 15.2 Å². The Hall–Kier alpha value is -3.09. The number of pyridine rings is 1. The van der Waals surface area contributed by atoms with Gasteiger partial charge in [-0.2, -0.15) is 4.98 Å². The van der Waals surface area contributed by atoms with E-state index in [-0.39, 0.29) is 17.7 Å². The van der Waals surface area contributed by atoms with E-state index in [9.17, 15) is 9.59 Å². The predicted molar refractivity (Wildman–Crippen MR) is 114 cm³/mol. The van der Waals surface area contributed by atoms with Crippen LogP contribution in [0.3, 0.4) is 0 Å². The SMILES string of the molecule is COc1ccc(C(=O)N2CCC(Cc3ccc(CCC(N)=O)cc3)CC2)c(OC)n1. The highest BCUT2D eigenvalue weighted by Gasteiger charge is 2.26. The summed E-state index contributed by atoms with van der Waals surface area (Å²) in [5.74, 6) is 0.921. The second kappa shape index (κ2) is 10.1. The molecule has 0 saturated carbocycles. The summed E-state index contributed by atoms with van der Waals surface area (Å²) >= 11 is 0. The largest absolute Gasteiger partial charge is 0.481 e. The Morgan fingerprint density at radius 3 is 2.30 bits per heavy atom. The maximum Gasteiger partial charge on any atom is 0.259 e. The Labute approximate surface area is 177 Å². The van der Waals surface area contributed by atoms with Crippen molar-refractivity contribution in [2.45, 2.75) is 32.1 Å². The zero-order valence-electron chi connectivity index (χ0n) is 17.6. The number of primary amides is 1. The topological polar surface area (TPSA) is 94.8 Å². The number of piperidine rings is 1. The second-order valence-corrected chi connectivity index (χ2v) is 7.63. The molecule has 2 aromatic rings. The van der Waals surface area contributed by atoms with E-state index in [0.29, 0.717) is 30.2 Å². The van der Waals surface area contributed by atoms with Crippen LogP contribution in [0.15, 0.2) is 36.4 Å². The molecular formula is C23H29N3O4. The number of carbonyl (C=O) groups excluding carboxylic acids is 2. The van der Waals surface area contributed by atoms with Crippen molar-refractivity contribution < 1.29 is 19.1 Å². The van der Waals surface area contributed by atoms with Crippen LogP contribution in [0.25, 0.3) is 0 Å². The Morgan fingerprint density at radius 1 is 1.03 bits per heavy atom. The van der Waals surface area contributed by atoms with Gasteiger partial charge in [0.05, 0.1) is 14.2 Å². The fraction of sp³-hybridized carbons (Fsp3) is 0.435. The van der Waals surface area contributed by atoms with Crippen molar-refractivity contribution >= 4 is 11.8 Å². The quantitative estimate of drug-likeness (QED) is 0.721. The minimum absolute atomic E-state index is 0.0562. The van der Waals surface area contributed by atoms with Crippen LogP contribution >= 0.6 is 0 Å². The predicted octanol–water partition coefficient (Wildman–Crippen LogP) is 2.61. The number of nitrogens with zero attached hydrogens (tertiary/aromatic N) is 2. The van der Waals surface area contributed by atoms with Gasteiger partial charge in [0.15, 0.2) is 0 Å². The minimum atomic E-state index is -0.275. The van der Waals surface area contributed by atoms with Crippen LogP contribution in [0.1, 0.15) is 40.7 Å². The lowest BCUT2D eigenvalue weighted by Gasteiger charge is -2.32. The maximum atomic E-state index is 12.9. The van der Waals surface area contributed by atoms with Gasteiger partial charge in [-0.15, -0.1) is 0 Å². The Bertz CT molecular complexity index is 875. The average molecular weight is 412 g/mol. The summed E-state index contributed by atoms with van der Waals surface area (Å²) in [6.07, 6.45) is 3.97. The van der Waals surface area contributed by atoms with Gasteiger partial charge in [-0.05, 0) is 48.8 Å². The average Bonchev–Trinajstić information content (AvgIpc) is 2.78. The molecule has 7 heteroatoms. The lowest BCUT2D eigenvalue weighted by atomic mass is 9.89. The highest BCUT2D eigenvalue weighted by atomic mass is 16.5. The first-order chi connectivity index (χ1) is 14.5. The molecule has 0 unspecified atom stereocenters. The summed E-state index contributed by atoms with van der Waals surface area (Å²) in [7, 11) is 3.03. The van der Waals surface area contributed by atoms with Crippen LogP contribution in [0.2, 0.25) is 0 Å². The molecule has 1 aliphatic rings. The number of rotatable bonds is 8. The molecule has 1 aliphatic heterocycles. The van der Waals surface area contributed by atoms with E-state index in [1.54, 1.807) is 12.1 Å². The van der Waals surface area contributed by atoms with E-state index in [2.05, 4.69) is 29.2 Å². The van der Waals surface area contributed by atoms with Crippen molar-refractivity contribution in [1.82, 2.24) is 9.88 Å². The van der Waals surface area contributed by atoms with Gasteiger partial charge in [0.2, 0.25) is 17.7 Å².